The van der Waals surface area contributed by atoms with Crippen molar-refractivity contribution in [1.82, 2.24) is 24.8 Å². The lowest BCUT2D eigenvalue weighted by Gasteiger charge is -2.37. The fraction of sp³-hybridized carbons (Fsp3) is 0.526. The summed E-state index contributed by atoms with van der Waals surface area (Å²) in [5.74, 6) is 2.76. The summed E-state index contributed by atoms with van der Waals surface area (Å²) in [6.07, 6.45) is 10.8. The normalized spacial score (nSPS) is 16.1. The summed E-state index contributed by atoms with van der Waals surface area (Å²) in [6, 6.07) is 16.5. The van der Waals surface area contributed by atoms with E-state index in [9.17, 15) is 0 Å². The second-order valence-corrected chi connectivity index (χ2v) is 14.8. The smallest absolute Gasteiger partial charge is 0.229 e. The molecule has 2 aromatic heterocycles. The van der Waals surface area contributed by atoms with Crippen LogP contribution in [0.5, 0.6) is 0 Å². The molecule has 2 aromatic carbocycles. The van der Waals surface area contributed by atoms with Crippen LogP contribution in [-0.4, -0.2) is 65.1 Å². The van der Waals surface area contributed by atoms with Crippen LogP contribution in [0.15, 0.2) is 67.3 Å². The average molecular weight is 610 g/mol. The van der Waals surface area contributed by atoms with E-state index in [0.29, 0.717) is 11.4 Å². The van der Waals surface area contributed by atoms with E-state index in [2.05, 4.69) is 103 Å². The minimum Gasteiger partial charge on any atom is -0.356 e. The molecule has 2 aliphatic heterocycles. The van der Waals surface area contributed by atoms with E-state index >= 15 is 0 Å². The van der Waals surface area contributed by atoms with E-state index < -0.39 is 0 Å². The van der Waals surface area contributed by atoms with Crippen molar-refractivity contribution in [3.8, 4) is 0 Å². The first-order chi connectivity index (χ1) is 21.3. The number of fused-ring (bicyclic) bond motifs is 1. The molecule has 4 heterocycles. The Kier molecular flexibility index (Phi) is 11.5. The largest absolute Gasteiger partial charge is 0.356 e. The second-order valence-electron chi connectivity index (χ2n) is 14.8. The minimum atomic E-state index is 0.0872. The average Bonchev–Trinajstić information content (AvgIpc) is 3.56. The number of piperidine rings is 1. The fourth-order valence-corrected chi connectivity index (χ4v) is 5.86. The number of hydrogen-bond acceptors (Lipinski definition) is 7. The van der Waals surface area contributed by atoms with Gasteiger partial charge in [-0.05, 0) is 105 Å². The van der Waals surface area contributed by atoms with Gasteiger partial charge in [-0.3, -0.25) is 0 Å². The monoisotopic (exact) mass is 609 g/mol. The van der Waals surface area contributed by atoms with Crippen LogP contribution >= 0.6 is 0 Å². The quantitative estimate of drug-likeness (QED) is 0.231. The van der Waals surface area contributed by atoms with Gasteiger partial charge < -0.3 is 14.7 Å². The van der Waals surface area contributed by atoms with Crippen molar-refractivity contribution in [2.24, 2.45) is 11.3 Å². The van der Waals surface area contributed by atoms with Gasteiger partial charge in [0, 0.05) is 43.6 Å². The number of aromatic nitrogens is 4. The zero-order valence-electron chi connectivity index (χ0n) is 29.2. The summed E-state index contributed by atoms with van der Waals surface area (Å²) in [5.41, 5.74) is 5.15. The summed E-state index contributed by atoms with van der Waals surface area (Å²) in [5, 5.41) is 1.18. The first-order valence-electron chi connectivity index (χ1n) is 16.6. The Morgan fingerprint density at radius 2 is 1.40 bits per heavy atom. The molecule has 0 spiro atoms. The number of hydrogen-bond donors (Lipinski definition) is 0. The van der Waals surface area contributed by atoms with Gasteiger partial charge in [-0.15, -0.1) is 0 Å². The van der Waals surface area contributed by atoms with Crippen LogP contribution < -0.4 is 9.80 Å². The van der Waals surface area contributed by atoms with Crippen LogP contribution in [0, 0.1) is 18.3 Å². The van der Waals surface area contributed by atoms with Crippen molar-refractivity contribution in [2.75, 3.05) is 50.1 Å². The highest BCUT2D eigenvalue weighted by Gasteiger charge is 2.27. The zero-order valence-corrected chi connectivity index (χ0v) is 29.2. The van der Waals surface area contributed by atoms with E-state index in [1.165, 1.54) is 49.7 Å². The molecule has 0 bridgehead atoms. The molecule has 0 radical (unpaired) electrons. The predicted molar refractivity (Wildman–Crippen MR) is 191 cm³/mol. The van der Waals surface area contributed by atoms with Crippen LogP contribution in [0.3, 0.4) is 0 Å². The first kappa shape index (κ1) is 34.3. The predicted octanol–water partition coefficient (Wildman–Crippen LogP) is 8.45. The molecule has 0 N–H and O–H groups in total. The molecule has 6 rings (SSSR count). The molecule has 2 saturated heterocycles. The van der Waals surface area contributed by atoms with Crippen molar-refractivity contribution in [3.05, 3.63) is 78.4 Å². The number of rotatable bonds is 3. The summed E-state index contributed by atoms with van der Waals surface area (Å²) >= 11 is 0. The number of anilines is 3. The molecule has 242 valence electrons. The summed E-state index contributed by atoms with van der Waals surface area (Å²) < 4.78 is 0. The Morgan fingerprint density at radius 3 is 1.98 bits per heavy atom. The molecule has 2 fully saturated rings. The van der Waals surface area contributed by atoms with E-state index in [0.717, 1.165) is 41.6 Å². The number of para-hydroxylation sites is 1. The summed E-state index contributed by atoms with van der Waals surface area (Å²) in [6.45, 7) is 20.5. The van der Waals surface area contributed by atoms with Crippen molar-refractivity contribution in [2.45, 2.75) is 79.6 Å². The van der Waals surface area contributed by atoms with E-state index in [1.54, 1.807) is 6.33 Å². The molecule has 4 aromatic rings. The lowest BCUT2D eigenvalue weighted by atomic mass is 9.75. The number of benzene rings is 2. The highest BCUT2D eigenvalue weighted by atomic mass is 15.2. The van der Waals surface area contributed by atoms with E-state index in [1.807, 2.05) is 54.7 Å². The number of likely N-dealkylation sites (tertiary alicyclic amines) is 1. The Hall–Kier alpha value is -3.58. The van der Waals surface area contributed by atoms with Gasteiger partial charge in [0.25, 0.3) is 0 Å². The summed E-state index contributed by atoms with van der Waals surface area (Å²) in [7, 11) is 4.19. The molecular weight excluding hydrogens is 554 g/mol. The van der Waals surface area contributed by atoms with Gasteiger partial charge in [0.05, 0.1) is 5.52 Å². The van der Waals surface area contributed by atoms with Gasteiger partial charge in [-0.2, -0.15) is 0 Å². The van der Waals surface area contributed by atoms with Crippen molar-refractivity contribution in [1.29, 1.82) is 0 Å². The Labute approximate surface area is 272 Å². The van der Waals surface area contributed by atoms with Gasteiger partial charge in [-0.25, -0.2) is 19.9 Å². The van der Waals surface area contributed by atoms with Gasteiger partial charge >= 0.3 is 0 Å². The topological polar surface area (TPSA) is 61.3 Å². The second kappa shape index (κ2) is 15.1. The molecule has 0 saturated carbocycles. The first-order valence-corrected chi connectivity index (χ1v) is 16.6. The lowest BCUT2D eigenvalue weighted by molar-refractivity contribution is 0.129. The zero-order chi connectivity index (χ0) is 32.6. The summed E-state index contributed by atoms with van der Waals surface area (Å²) in [4.78, 5) is 24.4. The van der Waals surface area contributed by atoms with Gasteiger partial charge in [0.15, 0.2) is 0 Å². The molecule has 0 aliphatic carbocycles. The molecule has 2 aliphatic rings. The maximum Gasteiger partial charge on any atom is 0.229 e. The Morgan fingerprint density at radius 1 is 0.778 bits per heavy atom. The Balaban J connectivity index is 0.000000158. The van der Waals surface area contributed by atoms with Crippen LogP contribution in [0.1, 0.15) is 78.4 Å². The third-order valence-corrected chi connectivity index (χ3v) is 9.07. The van der Waals surface area contributed by atoms with Crippen molar-refractivity contribution in [3.63, 3.8) is 0 Å². The third kappa shape index (κ3) is 9.70. The highest BCUT2D eigenvalue weighted by molar-refractivity contribution is 5.89. The standard InChI is InChI=1S/C15H19N3.C13H15N3.C10H21N/c1-15(2,3)12-10-16-14(17-11-12)18(4)13-8-6-5-7-9-13;1-10-4-5-11-12(8-10)14-9-15-13(11)16-6-2-3-7-16;1-10(2,3)9-5-7-11(4)8-6-9/h5-11H,1-4H3;4-5,8-9H,2-3,6-7H2,1H3;9H,5-8H2,1-4H3. The maximum absolute atomic E-state index is 4.44. The van der Waals surface area contributed by atoms with E-state index in [4.69, 9.17) is 0 Å². The van der Waals surface area contributed by atoms with Crippen LogP contribution in [0.4, 0.5) is 17.5 Å². The minimum absolute atomic E-state index is 0.0872. The lowest BCUT2D eigenvalue weighted by Crippen LogP contribution is -2.35. The molecule has 7 nitrogen and oxygen atoms in total. The molecule has 0 amide bonds. The van der Waals surface area contributed by atoms with Gasteiger partial charge in [-0.1, -0.05) is 65.8 Å². The fourth-order valence-electron chi connectivity index (χ4n) is 5.86. The number of aryl methyl sites for hydroxylation is 1. The van der Waals surface area contributed by atoms with Gasteiger partial charge in [0.1, 0.15) is 12.1 Å². The van der Waals surface area contributed by atoms with Crippen LogP contribution in [0.2, 0.25) is 0 Å². The van der Waals surface area contributed by atoms with Crippen molar-refractivity contribution < 1.29 is 0 Å². The molecule has 0 atom stereocenters. The third-order valence-electron chi connectivity index (χ3n) is 9.07. The number of nitrogens with zero attached hydrogens (tertiary/aromatic N) is 7. The Bertz CT molecular complexity index is 1460. The molecule has 0 unspecified atom stereocenters. The maximum atomic E-state index is 4.44. The molecule has 7 heteroatoms. The van der Waals surface area contributed by atoms with Crippen LogP contribution in [0.25, 0.3) is 10.9 Å². The SMILES string of the molecule is CN(c1ccccc1)c1ncc(C(C)(C)C)cn1.CN1CCC(C(C)(C)C)CC1.Cc1ccc2c(N3CCCC3)ncnc2c1. The van der Waals surface area contributed by atoms with E-state index in [-0.39, 0.29) is 5.41 Å². The van der Waals surface area contributed by atoms with Gasteiger partial charge in [0.2, 0.25) is 5.95 Å². The van der Waals surface area contributed by atoms with Crippen LogP contribution in [-0.2, 0) is 5.41 Å². The molecular formula is C38H55N7. The molecule has 45 heavy (non-hydrogen) atoms. The highest BCUT2D eigenvalue weighted by Crippen LogP contribution is 2.33. The van der Waals surface area contributed by atoms with Crippen molar-refractivity contribution >= 4 is 28.4 Å².